The second kappa shape index (κ2) is 10.3. The molecule has 1 saturated heterocycles. The summed E-state index contributed by atoms with van der Waals surface area (Å²) in [5.41, 5.74) is 3.28. The molecule has 1 atom stereocenters. The van der Waals surface area contributed by atoms with Crippen LogP contribution >= 0.6 is 23.2 Å². The summed E-state index contributed by atoms with van der Waals surface area (Å²) in [5, 5.41) is 4.85. The van der Waals surface area contributed by atoms with Crippen LogP contribution in [0.15, 0.2) is 65.5 Å². The van der Waals surface area contributed by atoms with Crippen molar-refractivity contribution in [3.8, 4) is 16.9 Å². The first-order chi connectivity index (χ1) is 18.5. The molecule has 3 aromatic carbocycles. The summed E-state index contributed by atoms with van der Waals surface area (Å²) in [6.45, 7) is 2.62. The normalized spacial score (nSPS) is 17.1. The lowest BCUT2D eigenvalue weighted by molar-refractivity contribution is 0.0922. The number of aromatic amines is 1. The van der Waals surface area contributed by atoms with Crippen LogP contribution in [0.5, 0.6) is 5.75 Å². The average Bonchev–Trinajstić information content (AvgIpc) is 2.92. The molecular formula is C29H25Cl2N3O4. The smallest absolute Gasteiger partial charge is 0.263 e. The monoisotopic (exact) mass is 549 g/mol. The zero-order valence-electron chi connectivity index (χ0n) is 20.4. The fourth-order valence-corrected chi connectivity index (χ4v) is 5.83. The largest absolute Gasteiger partial charge is 0.493 e. The minimum absolute atomic E-state index is 0.0876. The highest BCUT2D eigenvalue weighted by molar-refractivity contribution is 6.35. The van der Waals surface area contributed by atoms with E-state index in [0.717, 1.165) is 27.8 Å². The highest BCUT2D eigenvalue weighted by Crippen LogP contribution is 2.37. The van der Waals surface area contributed by atoms with Crippen LogP contribution < -0.4 is 20.5 Å². The van der Waals surface area contributed by atoms with Gasteiger partial charge in [-0.15, -0.1) is 0 Å². The number of para-hydroxylation sites is 2. The number of anilines is 1. The van der Waals surface area contributed by atoms with E-state index in [1.807, 2.05) is 42.5 Å². The number of carbonyl (C=O) groups is 1. The first-order valence-electron chi connectivity index (χ1n) is 12.5. The lowest BCUT2D eigenvalue weighted by Crippen LogP contribution is -2.41. The number of fused-ring (bicyclic) bond motifs is 2. The average molecular weight is 550 g/mol. The Hall–Kier alpha value is -3.52. The predicted molar refractivity (Wildman–Crippen MR) is 150 cm³/mol. The summed E-state index contributed by atoms with van der Waals surface area (Å²) in [6, 6.07) is 18.4. The maximum absolute atomic E-state index is 13.8. The number of carbonyl (C=O) groups excluding carboxylic acids is 1. The molecule has 0 spiro atoms. The molecule has 2 aliphatic heterocycles. The van der Waals surface area contributed by atoms with Crippen molar-refractivity contribution in [3.63, 3.8) is 0 Å². The molecule has 2 N–H and O–H groups in total. The number of pyridine rings is 1. The van der Waals surface area contributed by atoms with Crippen molar-refractivity contribution in [2.24, 2.45) is 0 Å². The molecule has 38 heavy (non-hydrogen) atoms. The number of morpholine rings is 1. The van der Waals surface area contributed by atoms with Crippen molar-refractivity contribution < 1.29 is 14.3 Å². The van der Waals surface area contributed by atoms with Gasteiger partial charge in [0.2, 0.25) is 0 Å². The molecule has 7 nitrogen and oxygen atoms in total. The number of nitrogens with zero attached hydrogens (tertiary/aromatic N) is 1. The number of benzene rings is 3. The third-order valence-electron chi connectivity index (χ3n) is 7.01. The Bertz CT molecular complexity index is 1580. The van der Waals surface area contributed by atoms with Crippen LogP contribution in [0.25, 0.3) is 22.0 Å². The minimum Gasteiger partial charge on any atom is -0.493 e. The molecule has 1 aromatic heterocycles. The molecule has 1 fully saturated rings. The molecule has 6 rings (SSSR count). The van der Waals surface area contributed by atoms with Gasteiger partial charge in [0.15, 0.2) is 0 Å². The van der Waals surface area contributed by atoms with Crippen LogP contribution in [0.3, 0.4) is 0 Å². The third kappa shape index (κ3) is 4.62. The fraction of sp³-hybridized carbons (Fsp3) is 0.241. The Morgan fingerprint density at radius 1 is 0.974 bits per heavy atom. The van der Waals surface area contributed by atoms with Crippen LogP contribution in [0.2, 0.25) is 10.0 Å². The SMILES string of the molecule is O=C(NC1CCOc2ccccc21)c1c(N2CCOCC2)c2cccc(-c3cc(Cl)cc(Cl)c3)c2[nH]c1=O. The van der Waals surface area contributed by atoms with Gasteiger partial charge >= 0.3 is 0 Å². The highest BCUT2D eigenvalue weighted by atomic mass is 35.5. The Balaban J connectivity index is 1.50. The highest BCUT2D eigenvalue weighted by Gasteiger charge is 2.29. The third-order valence-corrected chi connectivity index (χ3v) is 7.45. The molecule has 2 aliphatic rings. The maximum Gasteiger partial charge on any atom is 0.263 e. The van der Waals surface area contributed by atoms with Crippen molar-refractivity contribution in [2.45, 2.75) is 12.5 Å². The molecule has 3 heterocycles. The van der Waals surface area contributed by atoms with Crippen molar-refractivity contribution in [3.05, 3.63) is 92.2 Å². The molecule has 0 bridgehead atoms. The molecular weight excluding hydrogens is 525 g/mol. The van der Waals surface area contributed by atoms with Gasteiger partial charge in [0, 0.05) is 46.1 Å². The Kier molecular flexibility index (Phi) is 6.74. The zero-order chi connectivity index (χ0) is 26.2. The van der Waals surface area contributed by atoms with E-state index in [4.69, 9.17) is 32.7 Å². The lowest BCUT2D eigenvalue weighted by Gasteiger charge is -2.32. The van der Waals surface area contributed by atoms with E-state index in [2.05, 4.69) is 15.2 Å². The van der Waals surface area contributed by atoms with Gasteiger partial charge in [0.25, 0.3) is 11.5 Å². The van der Waals surface area contributed by atoms with E-state index in [1.165, 1.54) is 0 Å². The second-order valence-corrected chi connectivity index (χ2v) is 10.2. The van der Waals surface area contributed by atoms with Gasteiger partial charge in [0.1, 0.15) is 11.3 Å². The van der Waals surface area contributed by atoms with Gasteiger partial charge in [-0.3, -0.25) is 9.59 Å². The molecule has 0 aliphatic carbocycles. The molecule has 194 valence electrons. The molecule has 0 radical (unpaired) electrons. The van der Waals surface area contributed by atoms with E-state index < -0.39 is 11.5 Å². The van der Waals surface area contributed by atoms with Gasteiger partial charge in [-0.05, 0) is 29.8 Å². The van der Waals surface area contributed by atoms with Crippen molar-refractivity contribution in [1.29, 1.82) is 0 Å². The summed E-state index contributed by atoms with van der Waals surface area (Å²) < 4.78 is 11.3. The number of rotatable bonds is 4. The summed E-state index contributed by atoms with van der Waals surface area (Å²) in [5.74, 6) is 0.322. The first kappa shape index (κ1) is 24.8. The number of aromatic nitrogens is 1. The van der Waals surface area contributed by atoms with Crippen molar-refractivity contribution in [2.75, 3.05) is 37.8 Å². The van der Waals surface area contributed by atoms with Gasteiger partial charge < -0.3 is 24.7 Å². The number of halogens is 2. The van der Waals surface area contributed by atoms with E-state index in [1.54, 1.807) is 18.2 Å². The summed E-state index contributed by atoms with van der Waals surface area (Å²) >= 11 is 12.6. The summed E-state index contributed by atoms with van der Waals surface area (Å²) in [4.78, 5) is 32.6. The van der Waals surface area contributed by atoms with Crippen LogP contribution in [0.4, 0.5) is 5.69 Å². The molecule has 1 amide bonds. The van der Waals surface area contributed by atoms with Crippen LogP contribution in [0.1, 0.15) is 28.4 Å². The molecule has 0 saturated carbocycles. The Labute approximate surface area is 229 Å². The van der Waals surface area contributed by atoms with Crippen LogP contribution in [0, 0.1) is 0 Å². The van der Waals surface area contributed by atoms with E-state index in [-0.39, 0.29) is 11.6 Å². The number of H-pyrrole nitrogens is 1. The zero-order valence-corrected chi connectivity index (χ0v) is 21.9. The minimum atomic E-state index is -0.461. The van der Waals surface area contributed by atoms with Crippen molar-refractivity contribution in [1.82, 2.24) is 10.3 Å². The van der Waals surface area contributed by atoms with Gasteiger partial charge in [0.05, 0.1) is 37.1 Å². The molecule has 9 heteroatoms. The van der Waals surface area contributed by atoms with E-state index >= 15 is 0 Å². The van der Waals surface area contributed by atoms with E-state index in [0.29, 0.717) is 60.6 Å². The topological polar surface area (TPSA) is 83.7 Å². The van der Waals surface area contributed by atoms with Crippen LogP contribution in [-0.2, 0) is 4.74 Å². The van der Waals surface area contributed by atoms with Gasteiger partial charge in [-0.2, -0.15) is 0 Å². The standard InChI is InChI=1S/C29H25Cl2N3O4/c30-18-14-17(15-19(31)16-18)20-5-3-6-22-26(20)33-29(36)25(27(22)34-9-12-37-13-10-34)28(35)32-23-8-11-38-24-7-2-1-4-21(23)24/h1-7,14-16,23H,8-13H2,(H,32,35)(H,33,36). The molecule has 4 aromatic rings. The Morgan fingerprint density at radius 3 is 2.53 bits per heavy atom. The number of ether oxygens (including phenoxy) is 2. The van der Waals surface area contributed by atoms with Crippen molar-refractivity contribution >= 4 is 45.7 Å². The molecule has 1 unspecified atom stereocenters. The van der Waals surface area contributed by atoms with Crippen LogP contribution in [-0.4, -0.2) is 43.8 Å². The lowest BCUT2D eigenvalue weighted by atomic mass is 9.97. The number of amides is 1. The summed E-state index contributed by atoms with van der Waals surface area (Å²) in [7, 11) is 0. The predicted octanol–water partition coefficient (Wildman–Crippen LogP) is 5.59. The second-order valence-electron chi connectivity index (χ2n) is 9.36. The Morgan fingerprint density at radius 2 is 1.74 bits per heavy atom. The summed E-state index contributed by atoms with van der Waals surface area (Å²) in [6.07, 6.45) is 0.612. The number of hydrogen-bond donors (Lipinski definition) is 2. The quantitative estimate of drug-likeness (QED) is 0.346. The van der Waals surface area contributed by atoms with Gasteiger partial charge in [-0.25, -0.2) is 0 Å². The van der Waals surface area contributed by atoms with E-state index in [9.17, 15) is 9.59 Å². The number of nitrogens with one attached hydrogen (secondary N) is 2. The first-order valence-corrected chi connectivity index (χ1v) is 13.3. The fourth-order valence-electron chi connectivity index (χ4n) is 5.30. The number of hydrogen-bond acceptors (Lipinski definition) is 5. The maximum atomic E-state index is 13.8. The van der Waals surface area contributed by atoms with Gasteiger partial charge in [-0.1, -0.05) is 59.6 Å².